The maximum absolute atomic E-state index is 4.81. The predicted molar refractivity (Wildman–Crippen MR) is 33.9 cm³/mol. The van der Waals surface area contributed by atoms with Gasteiger partial charge in [0.25, 0.3) is 0 Å². The third-order valence-electron chi connectivity index (χ3n) is 0. The van der Waals surface area contributed by atoms with Gasteiger partial charge in [0, 0.05) is 17.1 Å². The summed E-state index contributed by atoms with van der Waals surface area (Å²) in [5, 5.41) is 0. The molecule has 48 valence electrons. The molecule has 0 aromatic rings. The van der Waals surface area contributed by atoms with Crippen molar-refractivity contribution in [3.63, 3.8) is 0 Å². The van der Waals surface area contributed by atoms with E-state index in [0.717, 1.165) is 0 Å². The van der Waals surface area contributed by atoms with Crippen LogP contribution in [-0.2, 0) is 33.0 Å². The van der Waals surface area contributed by atoms with E-state index < -0.39 is 0 Å². The minimum absolute atomic E-state index is 0. The summed E-state index contributed by atoms with van der Waals surface area (Å²) in [5.41, 5.74) is 0. The molecule has 0 rings (SSSR count). The molecule has 6 heteroatoms. The Hall–Kier alpha value is 2.62. The number of hydrogen-bond donors (Lipinski definition) is 0. The standard InChI is InChI=1S/2ClH.Fe.2H3P.Pd/h2*1H;;2*1H3;/q;;;;;+2/p-2. The van der Waals surface area contributed by atoms with Crippen LogP contribution in [0.1, 0.15) is 0 Å². The Morgan fingerprint density at radius 2 is 1.00 bits per heavy atom. The molecule has 0 bridgehead atoms. The van der Waals surface area contributed by atoms with Crippen molar-refractivity contribution in [3.05, 3.63) is 0 Å². The van der Waals surface area contributed by atoms with Crippen molar-refractivity contribution >= 4 is 38.9 Å². The van der Waals surface area contributed by atoms with Gasteiger partial charge in [0.2, 0.25) is 0 Å². The Bertz CT molecular complexity index is 11.5. The van der Waals surface area contributed by atoms with Gasteiger partial charge < -0.3 is 0 Å². The van der Waals surface area contributed by atoms with Gasteiger partial charge >= 0.3 is 35.0 Å². The molecule has 0 spiro atoms. The van der Waals surface area contributed by atoms with Crippen LogP contribution in [0.2, 0.25) is 0 Å². The van der Waals surface area contributed by atoms with Crippen molar-refractivity contribution in [2.24, 2.45) is 0 Å². The van der Waals surface area contributed by atoms with Crippen molar-refractivity contribution < 1.29 is 33.0 Å². The van der Waals surface area contributed by atoms with Crippen LogP contribution in [0, 0.1) is 0 Å². The van der Waals surface area contributed by atoms with Gasteiger partial charge in [-0.2, -0.15) is 19.8 Å². The second kappa shape index (κ2) is 25.5. The van der Waals surface area contributed by atoms with E-state index in [4.69, 9.17) is 19.1 Å². The van der Waals surface area contributed by atoms with Crippen LogP contribution >= 0.6 is 38.9 Å². The first-order chi connectivity index (χ1) is 1.41. The SMILES string of the molecule is P.P.[Cl][Pd][Cl].[Fe]. The molecular weight excluding hydrogens is 295 g/mol. The third-order valence-corrected chi connectivity index (χ3v) is 0. The third kappa shape index (κ3) is 30.4. The predicted octanol–water partition coefficient (Wildman–Crippen LogP) is 1.49. The number of rotatable bonds is 0. The monoisotopic (exact) mass is 300 g/mol. The van der Waals surface area contributed by atoms with Crippen molar-refractivity contribution in [1.82, 2.24) is 0 Å². The zero-order chi connectivity index (χ0) is 2.71. The Morgan fingerprint density at radius 3 is 1.00 bits per heavy atom. The maximum atomic E-state index is 4.81. The van der Waals surface area contributed by atoms with Crippen molar-refractivity contribution in [2.75, 3.05) is 0 Å². The summed E-state index contributed by atoms with van der Waals surface area (Å²) in [6.07, 6.45) is 0. The van der Waals surface area contributed by atoms with E-state index in [1.165, 1.54) is 0 Å². The molecule has 6 heavy (non-hydrogen) atoms. The topological polar surface area (TPSA) is 0 Å². The van der Waals surface area contributed by atoms with Crippen LogP contribution in [0.25, 0.3) is 0 Å². The quantitative estimate of drug-likeness (QED) is 0.470. The van der Waals surface area contributed by atoms with Gasteiger partial charge in [-0.3, -0.25) is 0 Å². The van der Waals surface area contributed by atoms with Crippen LogP contribution in [0.3, 0.4) is 0 Å². The Balaban J connectivity index is -0.00000000667. The van der Waals surface area contributed by atoms with Gasteiger partial charge in [-0.15, -0.1) is 0 Å². The summed E-state index contributed by atoms with van der Waals surface area (Å²) in [4.78, 5) is 0. The molecule has 0 aliphatic carbocycles. The molecule has 0 N–H and O–H groups in total. The average Bonchev–Trinajstić information content (AvgIpc) is 0.918. The largest absolute Gasteiger partial charge is 0 e. The van der Waals surface area contributed by atoms with Gasteiger partial charge in [0.1, 0.15) is 0 Å². The average molecular weight is 301 g/mol. The summed E-state index contributed by atoms with van der Waals surface area (Å²) in [6.45, 7) is 0. The van der Waals surface area contributed by atoms with Crippen LogP contribution in [0.15, 0.2) is 0 Å². The molecule has 2 unspecified atom stereocenters. The molecule has 0 aromatic heterocycles. The minimum Gasteiger partial charge on any atom is 0 e. The molecule has 0 aliphatic rings. The van der Waals surface area contributed by atoms with Crippen molar-refractivity contribution in [1.29, 1.82) is 0 Å². The van der Waals surface area contributed by atoms with Crippen LogP contribution in [0.5, 0.6) is 0 Å². The minimum atomic E-state index is -0.106. The van der Waals surface area contributed by atoms with Gasteiger partial charge in [-0.05, 0) is 0 Å². The van der Waals surface area contributed by atoms with E-state index >= 15 is 0 Å². The van der Waals surface area contributed by atoms with E-state index in [2.05, 4.69) is 0 Å². The molecule has 0 aromatic carbocycles. The fourth-order valence-electron chi connectivity index (χ4n) is 0. The van der Waals surface area contributed by atoms with Crippen molar-refractivity contribution in [2.45, 2.75) is 0 Å². The zero-order valence-electron chi connectivity index (χ0n) is 2.84. The Morgan fingerprint density at radius 1 is 1.00 bits per heavy atom. The molecule has 0 radical (unpaired) electrons. The summed E-state index contributed by atoms with van der Waals surface area (Å²) in [6, 6.07) is 0. The molecule has 0 fully saturated rings. The molecule has 0 heterocycles. The van der Waals surface area contributed by atoms with Crippen LogP contribution in [0.4, 0.5) is 0 Å². The normalized spacial score (nSPS) is 3.67. The van der Waals surface area contributed by atoms with Gasteiger partial charge in [-0.1, -0.05) is 0 Å². The fraction of sp³-hybridized carbons (Fsp3) is 0. The van der Waals surface area contributed by atoms with E-state index in [-0.39, 0.29) is 52.8 Å². The van der Waals surface area contributed by atoms with E-state index in [0.29, 0.717) is 0 Å². The molecule has 0 saturated heterocycles. The first-order valence-electron chi connectivity index (χ1n) is 0.239. The molecule has 0 saturated carbocycles. The Labute approximate surface area is 71.3 Å². The first-order valence-corrected chi connectivity index (χ1v) is 4.24. The van der Waals surface area contributed by atoms with Gasteiger partial charge in [0.05, 0.1) is 0 Å². The molecule has 0 aliphatic heterocycles. The summed E-state index contributed by atoms with van der Waals surface area (Å²) in [7, 11) is 9.63. The number of hydrogen-bond acceptors (Lipinski definition) is 0. The van der Waals surface area contributed by atoms with E-state index in [1.54, 1.807) is 0 Å². The molecule has 2 atom stereocenters. The maximum Gasteiger partial charge on any atom is 0 e. The summed E-state index contributed by atoms with van der Waals surface area (Å²) < 4.78 is 0. The van der Waals surface area contributed by atoms with Crippen LogP contribution < -0.4 is 0 Å². The number of halogens is 2. The van der Waals surface area contributed by atoms with Gasteiger partial charge in [-0.25, -0.2) is 0 Å². The van der Waals surface area contributed by atoms with E-state index in [9.17, 15) is 0 Å². The van der Waals surface area contributed by atoms with E-state index in [1.807, 2.05) is 0 Å². The molecule has 0 amide bonds. The van der Waals surface area contributed by atoms with Gasteiger partial charge in [0.15, 0.2) is 0 Å². The smallest absolute Gasteiger partial charge is 0 e. The van der Waals surface area contributed by atoms with Crippen molar-refractivity contribution in [3.8, 4) is 0 Å². The zero-order valence-corrected chi connectivity index (χ0v) is 9.84. The van der Waals surface area contributed by atoms with Crippen LogP contribution in [-0.4, -0.2) is 0 Å². The summed E-state index contributed by atoms with van der Waals surface area (Å²) >= 11 is -0.106. The summed E-state index contributed by atoms with van der Waals surface area (Å²) in [5.74, 6) is 0. The fourth-order valence-corrected chi connectivity index (χ4v) is 0. The second-order valence-electron chi connectivity index (χ2n) is 0.0452. The second-order valence-corrected chi connectivity index (χ2v) is 2.41. The molecule has 0 nitrogen and oxygen atoms in total. The molecular formula is H6Cl2FeP2Pd. The Kier molecular flexibility index (Phi) is 99.6. The first kappa shape index (κ1) is 23.4.